The summed E-state index contributed by atoms with van der Waals surface area (Å²) in [5.74, 6) is 2.66. The predicted octanol–water partition coefficient (Wildman–Crippen LogP) is 4.15. The van der Waals surface area contributed by atoms with Gasteiger partial charge in [-0.1, -0.05) is 43.6 Å². The van der Waals surface area contributed by atoms with Crippen molar-refractivity contribution in [1.82, 2.24) is 0 Å². The predicted molar refractivity (Wildman–Crippen MR) is 125 cm³/mol. The Morgan fingerprint density at radius 3 is 2.32 bits per heavy atom. The van der Waals surface area contributed by atoms with E-state index in [4.69, 9.17) is 8.92 Å². The lowest BCUT2D eigenvalue weighted by atomic mass is 9.92. The minimum absolute atomic E-state index is 0.00485. The molecule has 7 nitrogen and oxygen atoms in total. The maximum Gasteiger partial charge on any atom is 0.433 e. The summed E-state index contributed by atoms with van der Waals surface area (Å²) >= 11 is 0. The highest BCUT2D eigenvalue weighted by Crippen LogP contribution is 2.49. The number of rotatable bonds is 8. The van der Waals surface area contributed by atoms with Crippen LogP contribution in [0.25, 0.3) is 0 Å². The van der Waals surface area contributed by atoms with Crippen molar-refractivity contribution in [3.05, 3.63) is 24.3 Å². The summed E-state index contributed by atoms with van der Waals surface area (Å²) in [6.45, 7) is 7.08. The van der Waals surface area contributed by atoms with Gasteiger partial charge < -0.3 is 4.74 Å². The van der Waals surface area contributed by atoms with Crippen molar-refractivity contribution in [2.24, 2.45) is 5.92 Å². The van der Waals surface area contributed by atoms with Crippen molar-refractivity contribution in [1.29, 1.82) is 0 Å². The lowest BCUT2D eigenvalue weighted by molar-refractivity contribution is -0.176. The van der Waals surface area contributed by atoms with Gasteiger partial charge in [-0.25, -0.2) is 4.31 Å². The number of nitrogens with zero attached hydrogens (tertiary/aromatic N) is 2. The third-order valence-corrected chi connectivity index (χ3v) is 8.56. The van der Waals surface area contributed by atoms with Gasteiger partial charge in [0.05, 0.1) is 18.0 Å². The summed E-state index contributed by atoms with van der Waals surface area (Å²) in [6.07, 6.45) is -4.18. The fraction of sp³-hybridized carbons (Fsp3) is 0.591. The van der Waals surface area contributed by atoms with E-state index in [2.05, 4.69) is 25.6 Å². The summed E-state index contributed by atoms with van der Waals surface area (Å²) < 4.78 is 80.8. The van der Waals surface area contributed by atoms with Crippen LogP contribution < -0.4 is 9.21 Å². The van der Waals surface area contributed by atoms with Crippen LogP contribution in [0.2, 0.25) is 25.7 Å². The molecular weight excluding hydrogens is 489 g/mol. The van der Waals surface area contributed by atoms with Crippen molar-refractivity contribution in [2.45, 2.75) is 57.2 Å². The van der Waals surface area contributed by atoms with Crippen molar-refractivity contribution >= 4 is 35.7 Å². The molecular formula is C22H29F3N2O5SSi. The smallest absolute Gasteiger partial charge is 0.361 e. The molecule has 0 aromatic heterocycles. The van der Waals surface area contributed by atoms with Gasteiger partial charge in [0, 0.05) is 20.6 Å². The first kappa shape index (κ1) is 26.5. The highest BCUT2D eigenvalue weighted by atomic mass is 32.2. The molecule has 1 heterocycles. The van der Waals surface area contributed by atoms with Crippen LogP contribution in [0.3, 0.4) is 0 Å². The second-order valence-electron chi connectivity index (χ2n) is 9.45. The van der Waals surface area contributed by atoms with Gasteiger partial charge in [-0.15, -0.1) is 0 Å². The van der Waals surface area contributed by atoms with Gasteiger partial charge in [0.1, 0.15) is 6.73 Å². The Hall–Kier alpha value is -2.07. The second-order valence-corrected chi connectivity index (χ2v) is 16.5. The highest BCUT2D eigenvalue weighted by Gasteiger charge is 2.71. The average Bonchev–Trinajstić information content (AvgIpc) is 3.53. The summed E-state index contributed by atoms with van der Waals surface area (Å²) in [6, 6.07) is 6.21. The Morgan fingerprint density at radius 1 is 1.18 bits per heavy atom. The Labute approximate surface area is 199 Å². The molecule has 34 heavy (non-hydrogen) atoms. The van der Waals surface area contributed by atoms with Crippen LogP contribution in [0.15, 0.2) is 24.3 Å². The number of alkyl halides is 3. The van der Waals surface area contributed by atoms with Gasteiger partial charge in [-0.3, -0.25) is 13.9 Å². The molecule has 0 bridgehead atoms. The van der Waals surface area contributed by atoms with E-state index >= 15 is 0 Å². The summed E-state index contributed by atoms with van der Waals surface area (Å²) in [5.41, 5.74) is -4.07. The molecule has 1 fully saturated rings. The summed E-state index contributed by atoms with van der Waals surface area (Å²) in [4.78, 5) is 14.4. The maximum absolute atomic E-state index is 14.8. The minimum atomic E-state index is -5.36. The van der Waals surface area contributed by atoms with Crippen molar-refractivity contribution < 1.29 is 35.3 Å². The zero-order chi connectivity index (χ0) is 25.4. The second kappa shape index (κ2) is 9.52. The molecule has 0 saturated heterocycles. The van der Waals surface area contributed by atoms with Gasteiger partial charge in [-0.2, -0.15) is 21.6 Å². The number of benzene rings is 1. The van der Waals surface area contributed by atoms with E-state index in [9.17, 15) is 26.4 Å². The van der Waals surface area contributed by atoms with Crippen LogP contribution in [-0.4, -0.2) is 54.1 Å². The number of ether oxygens (including phenoxy) is 1. The number of hydrogen-bond donors (Lipinski definition) is 0. The van der Waals surface area contributed by atoms with Crippen molar-refractivity contribution in [3.63, 3.8) is 0 Å². The fourth-order valence-electron chi connectivity index (χ4n) is 3.43. The number of halogens is 3. The standard InChI is InChI=1S/C22H29F3N2O5SSi/c1-5-32-33(29,30)27-19-9-7-6-8-18(19)26(16-31-14-15-34(2,3)4)20(28)21(27,22(23,24)25)13-12-17-10-11-17/h6-9,17H,5,10-11,14-16H2,1-4H3. The van der Waals surface area contributed by atoms with Crippen LogP contribution in [0.1, 0.15) is 19.8 Å². The monoisotopic (exact) mass is 518 g/mol. The largest absolute Gasteiger partial charge is 0.433 e. The average molecular weight is 519 g/mol. The summed E-state index contributed by atoms with van der Waals surface area (Å²) in [7, 11) is -6.53. The molecule has 1 aromatic carbocycles. The molecule has 3 rings (SSSR count). The molecule has 0 radical (unpaired) electrons. The van der Waals surface area contributed by atoms with E-state index in [0.29, 0.717) is 12.8 Å². The van der Waals surface area contributed by atoms with E-state index in [1.807, 2.05) is 5.92 Å². The molecule has 1 aliphatic heterocycles. The first-order chi connectivity index (χ1) is 15.7. The molecule has 1 unspecified atom stereocenters. The third-order valence-electron chi connectivity index (χ3n) is 5.40. The van der Waals surface area contributed by atoms with Gasteiger partial charge in [0.15, 0.2) is 0 Å². The number of hydrogen-bond acceptors (Lipinski definition) is 5. The SMILES string of the molecule is CCOS(=O)(=O)N1c2ccccc2N(COCC[Si](C)(C)C)C(=O)C1(C#CC1CC1)C(F)(F)F. The van der Waals surface area contributed by atoms with E-state index in [1.54, 1.807) is 0 Å². The molecule has 1 atom stereocenters. The van der Waals surface area contributed by atoms with E-state index in [1.165, 1.54) is 31.2 Å². The Kier molecular flexibility index (Phi) is 7.43. The van der Waals surface area contributed by atoms with Crippen LogP contribution >= 0.6 is 0 Å². The Bertz CT molecular complexity index is 1090. The number of fused-ring (bicyclic) bond motifs is 1. The van der Waals surface area contributed by atoms with Crippen LogP contribution in [-0.2, 0) is 24.0 Å². The minimum Gasteiger partial charge on any atom is -0.361 e. The van der Waals surface area contributed by atoms with Crippen LogP contribution in [0.5, 0.6) is 0 Å². The number of carbonyl (C=O) groups excluding carboxylic acids is 1. The maximum atomic E-state index is 14.8. The molecule has 2 aliphatic rings. The fourth-order valence-corrected chi connectivity index (χ4v) is 5.55. The van der Waals surface area contributed by atoms with E-state index in [-0.39, 0.29) is 28.2 Å². The molecule has 1 amide bonds. The van der Waals surface area contributed by atoms with Gasteiger partial charge in [0.2, 0.25) is 0 Å². The summed E-state index contributed by atoms with van der Waals surface area (Å²) in [5, 5.41) is 0. The molecule has 188 valence electrons. The first-order valence-corrected chi connectivity index (χ1v) is 16.1. The normalized spacial score (nSPS) is 21.2. The van der Waals surface area contributed by atoms with Crippen LogP contribution in [0.4, 0.5) is 24.5 Å². The Balaban J connectivity index is 2.18. The topological polar surface area (TPSA) is 76.2 Å². The Morgan fingerprint density at radius 2 is 1.79 bits per heavy atom. The molecule has 1 aromatic rings. The number of anilines is 2. The zero-order valence-corrected chi connectivity index (χ0v) is 21.4. The molecule has 1 aliphatic carbocycles. The molecule has 0 N–H and O–H groups in total. The van der Waals surface area contributed by atoms with Gasteiger partial charge in [-0.05, 0) is 37.9 Å². The third kappa shape index (κ3) is 5.27. The van der Waals surface area contributed by atoms with Crippen LogP contribution in [0, 0.1) is 17.8 Å². The highest BCUT2D eigenvalue weighted by molar-refractivity contribution is 7.88. The molecule has 12 heteroatoms. The van der Waals surface area contributed by atoms with Gasteiger partial charge in [0.25, 0.3) is 11.4 Å². The molecule has 0 spiro atoms. The van der Waals surface area contributed by atoms with Crippen molar-refractivity contribution in [3.8, 4) is 11.8 Å². The first-order valence-electron chi connectivity index (χ1n) is 11.0. The zero-order valence-electron chi connectivity index (χ0n) is 19.6. The number of para-hydroxylation sites is 2. The lowest BCUT2D eigenvalue weighted by Gasteiger charge is -2.46. The number of carbonyl (C=O) groups is 1. The lowest BCUT2D eigenvalue weighted by Crippen LogP contribution is -2.71. The van der Waals surface area contributed by atoms with E-state index in [0.717, 1.165) is 10.9 Å². The number of amides is 1. The van der Waals surface area contributed by atoms with Gasteiger partial charge >= 0.3 is 16.5 Å². The quantitative estimate of drug-likeness (QED) is 0.294. The molecule has 1 saturated carbocycles. The van der Waals surface area contributed by atoms with Crippen molar-refractivity contribution in [2.75, 3.05) is 29.1 Å². The van der Waals surface area contributed by atoms with E-state index < -0.39 is 49.3 Å².